The predicted molar refractivity (Wildman–Crippen MR) is 92.5 cm³/mol. The summed E-state index contributed by atoms with van der Waals surface area (Å²) in [5.74, 6) is 1.02. The molecule has 0 saturated heterocycles. The molecule has 0 aliphatic rings. The maximum atomic E-state index is 12.4. The summed E-state index contributed by atoms with van der Waals surface area (Å²) in [7, 11) is 0. The molecule has 2 heterocycles. The van der Waals surface area contributed by atoms with Gasteiger partial charge in [0.2, 0.25) is 0 Å². The van der Waals surface area contributed by atoms with E-state index in [-0.39, 0.29) is 5.69 Å². The zero-order valence-electron chi connectivity index (χ0n) is 12.8. The highest BCUT2D eigenvalue weighted by Crippen LogP contribution is 2.13. The van der Waals surface area contributed by atoms with Gasteiger partial charge in [-0.2, -0.15) is 4.98 Å². The smallest absolute Gasteiger partial charge is 0.340 e. The van der Waals surface area contributed by atoms with E-state index in [9.17, 15) is 4.79 Å². The molecule has 118 valence electrons. The normalized spacial score (nSPS) is 10.8. The maximum Gasteiger partial charge on any atom is 0.351 e. The summed E-state index contributed by atoms with van der Waals surface area (Å²) >= 11 is 0. The maximum absolute atomic E-state index is 12.4. The second-order valence-corrected chi connectivity index (χ2v) is 5.40. The van der Waals surface area contributed by atoms with Gasteiger partial charge >= 0.3 is 5.69 Å². The van der Waals surface area contributed by atoms with Gasteiger partial charge in [-0.1, -0.05) is 48.5 Å². The number of para-hydroxylation sites is 1. The molecule has 0 aliphatic heterocycles. The number of rotatable bonds is 4. The zero-order chi connectivity index (χ0) is 16.4. The molecular weight excluding hydrogens is 302 g/mol. The van der Waals surface area contributed by atoms with Crippen molar-refractivity contribution in [1.82, 2.24) is 19.2 Å². The van der Waals surface area contributed by atoms with E-state index in [1.54, 1.807) is 12.3 Å². The van der Waals surface area contributed by atoms with Gasteiger partial charge in [-0.15, -0.1) is 5.10 Å². The number of hydrogen-bond donors (Lipinski definition) is 1. The van der Waals surface area contributed by atoms with E-state index in [1.807, 2.05) is 60.7 Å². The SMILES string of the molecule is O=c1n(Cc2ccccc2)nc2nc(Nc3ccccc3)ccn12. The molecule has 24 heavy (non-hydrogen) atoms. The van der Waals surface area contributed by atoms with E-state index < -0.39 is 0 Å². The van der Waals surface area contributed by atoms with Crippen LogP contribution in [-0.4, -0.2) is 19.2 Å². The van der Waals surface area contributed by atoms with Crippen LogP contribution in [0.4, 0.5) is 11.5 Å². The van der Waals surface area contributed by atoms with Crippen LogP contribution in [0.1, 0.15) is 5.56 Å². The van der Waals surface area contributed by atoms with Gasteiger partial charge in [0.1, 0.15) is 5.82 Å². The van der Waals surface area contributed by atoms with Crippen molar-refractivity contribution < 1.29 is 0 Å². The molecule has 1 N–H and O–H groups in total. The van der Waals surface area contributed by atoms with Crippen LogP contribution in [0.15, 0.2) is 77.7 Å². The first-order valence-electron chi connectivity index (χ1n) is 7.62. The summed E-state index contributed by atoms with van der Waals surface area (Å²) in [5.41, 5.74) is 1.75. The molecule has 0 saturated carbocycles. The summed E-state index contributed by atoms with van der Waals surface area (Å²) < 4.78 is 2.86. The van der Waals surface area contributed by atoms with Gasteiger partial charge in [-0.3, -0.25) is 0 Å². The van der Waals surface area contributed by atoms with Crippen LogP contribution < -0.4 is 11.0 Å². The Hall–Kier alpha value is -3.41. The van der Waals surface area contributed by atoms with E-state index in [2.05, 4.69) is 15.4 Å². The highest BCUT2D eigenvalue weighted by molar-refractivity contribution is 5.56. The Morgan fingerprint density at radius 3 is 2.38 bits per heavy atom. The van der Waals surface area contributed by atoms with Gasteiger partial charge in [-0.05, 0) is 23.8 Å². The number of nitrogens with one attached hydrogen (secondary N) is 1. The Morgan fingerprint density at radius 2 is 1.62 bits per heavy atom. The lowest BCUT2D eigenvalue weighted by Crippen LogP contribution is -2.21. The number of benzene rings is 2. The monoisotopic (exact) mass is 317 g/mol. The Balaban J connectivity index is 1.66. The van der Waals surface area contributed by atoms with Crippen LogP contribution in [0.5, 0.6) is 0 Å². The molecule has 0 spiro atoms. The Morgan fingerprint density at radius 1 is 0.917 bits per heavy atom. The van der Waals surface area contributed by atoms with Crippen molar-refractivity contribution in [2.45, 2.75) is 6.54 Å². The average molecular weight is 317 g/mol. The fourth-order valence-corrected chi connectivity index (χ4v) is 2.50. The van der Waals surface area contributed by atoms with Crippen LogP contribution in [0.2, 0.25) is 0 Å². The fourth-order valence-electron chi connectivity index (χ4n) is 2.50. The second-order valence-electron chi connectivity index (χ2n) is 5.40. The molecule has 0 unspecified atom stereocenters. The molecule has 0 atom stereocenters. The Labute approximate surface area is 138 Å². The molecule has 0 amide bonds. The first kappa shape index (κ1) is 14.2. The van der Waals surface area contributed by atoms with Gasteiger partial charge in [0, 0.05) is 11.9 Å². The minimum atomic E-state index is -0.201. The van der Waals surface area contributed by atoms with Crippen LogP contribution in [0.3, 0.4) is 0 Å². The second kappa shape index (κ2) is 6.00. The number of hydrogen-bond acceptors (Lipinski definition) is 4. The first-order valence-corrected chi connectivity index (χ1v) is 7.62. The van der Waals surface area contributed by atoms with Crippen molar-refractivity contribution in [2.75, 3.05) is 5.32 Å². The molecule has 0 fully saturated rings. The standard InChI is InChI=1S/C18H15N5O/c24-18-22-12-11-16(19-15-9-5-2-6-10-15)20-17(22)21-23(18)13-14-7-3-1-4-8-14/h1-12H,13H2,(H,19,20,21). The minimum Gasteiger partial charge on any atom is -0.340 e. The summed E-state index contributed by atoms with van der Waals surface area (Å²) in [4.78, 5) is 16.8. The van der Waals surface area contributed by atoms with Crippen molar-refractivity contribution in [3.05, 3.63) is 89.0 Å². The molecule has 6 nitrogen and oxygen atoms in total. The van der Waals surface area contributed by atoms with Crippen LogP contribution >= 0.6 is 0 Å². The van der Waals surface area contributed by atoms with E-state index in [0.29, 0.717) is 18.1 Å². The van der Waals surface area contributed by atoms with E-state index in [1.165, 1.54) is 9.08 Å². The molecule has 4 rings (SSSR count). The van der Waals surface area contributed by atoms with Gasteiger partial charge in [0.25, 0.3) is 5.78 Å². The van der Waals surface area contributed by atoms with Crippen LogP contribution in [-0.2, 0) is 6.54 Å². The van der Waals surface area contributed by atoms with Crippen LogP contribution in [0.25, 0.3) is 5.78 Å². The molecule has 4 aromatic rings. The van der Waals surface area contributed by atoms with Gasteiger partial charge in [0.05, 0.1) is 6.54 Å². The molecule has 6 heteroatoms. The lowest BCUT2D eigenvalue weighted by Gasteiger charge is -2.04. The van der Waals surface area contributed by atoms with Gasteiger partial charge < -0.3 is 5.32 Å². The summed E-state index contributed by atoms with van der Waals surface area (Å²) in [6.45, 7) is 0.421. The number of aromatic nitrogens is 4. The van der Waals surface area contributed by atoms with Crippen molar-refractivity contribution in [3.63, 3.8) is 0 Å². The number of fused-ring (bicyclic) bond motifs is 1. The van der Waals surface area contributed by atoms with Gasteiger partial charge in [-0.25, -0.2) is 13.9 Å². The van der Waals surface area contributed by atoms with Gasteiger partial charge in [0.15, 0.2) is 0 Å². The topological polar surface area (TPSA) is 64.2 Å². The van der Waals surface area contributed by atoms with Crippen molar-refractivity contribution in [2.24, 2.45) is 0 Å². The molecular formula is C18H15N5O. The van der Waals surface area contributed by atoms with Crippen LogP contribution in [0, 0.1) is 0 Å². The third-order valence-corrected chi connectivity index (χ3v) is 3.68. The zero-order valence-corrected chi connectivity index (χ0v) is 12.8. The average Bonchev–Trinajstić information content (AvgIpc) is 2.92. The lowest BCUT2D eigenvalue weighted by molar-refractivity contribution is 0.658. The summed E-state index contributed by atoms with van der Waals surface area (Å²) in [5, 5.41) is 7.52. The highest BCUT2D eigenvalue weighted by atomic mass is 16.2. The van der Waals surface area contributed by atoms with E-state index in [0.717, 1.165) is 11.3 Å². The molecule has 0 radical (unpaired) electrons. The largest absolute Gasteiger partial charge is 0.351 e. The fraction of sp³-hybridized carbons (Fsp3) is 0.0556. The summed E-state index contributed by atoms with van der Waals surface area (Å²) in [6.07, 6.45) is 1.68. The Bertz CT molecular complexity index is 1020. The lowest BCUT2D eigenvalue weighted by atomic mass is 10.2. The molecule has 0 bridgehead atoms. The number of anilines is 2. The first-order chi connectivity index (χ1) is 11.8. The van der Waals surface area contributed by atoms with Crippen molar-refractivity contribution in [3.8, 4) is 0 Å². The number of nitrogens with zero attached hydrogens (tertiary/aromatic N) is 4. The van der Waals surface area contributed by atoms with Crippen molar-refractivity contribution >= 4 is 17.3 Å². The molecule has 2 aromatic heterocycles. The highest BCUT2D eigenvalue weighted by Gasteiger charge is 2.09. The third-order valence-electron chi connectivity index (χ3n) is 3.68. The van der Waals surface area contributed by atoms with Crippen molar-refractivity contribution in [1.29, 1.82) is 0 Å². The predicted octanol–water partition coefficient (Wildman–Crippen LogP) is 2.68. The Kier molecular flexibility index (Phi) is 3.55. The minimum absolute atomic E-state index is 0.201. The molecule has 2 aromatic carbocycles. The molecule has 0 aliphatic carbocycles. The van der Waals surface area contributed by atoms with E-state index in [4.69, 9.17) is 0 Å². The van der Waals surface area contributed by atoms with E-state index >= 15 is 0 Å². The summed E-state index contributed by atoms with van der Waals surface area (Å²) in [6, 6.07) is 21.3. The quantitative estimate of drug-likeness (QED) is 0.628. The third kappa shape index (κ3) is 2.77.